The van der Waals surface area contributed by atoms with Crippen molar-refractivity contribution >= 4 is 0 Å². The van der Waals surface area contributed by atoms with E-state index in [4.69, 9.17) is 0 Å². The Kier molecular flexibility index (Phi) is 5.64. The molecule has 9 heavy (non-hydrogen) atoms. The van der Waals surface area contributed by atoms with E-state index in [1.165, 1.54) is 0 Å². The standard InChI is InChI=1S/C8H17N/c1-4-6-7-8(3)9-5-2/h6-9H,4-5H2,1-3H3/b7-6+. The molecule has 1 N–H and O–H groups in total. The summed E-state index contributed by atoms with van der Waals surface area (Å²) in [4.78, 5) is 0. The smallest absolute Gasteiger partial charge is 0.0221 e. The topological polar surface area (TPSA) is 12.0 Å². The summed E-state index contributed by atoms with van der Waals surface area (Å²) < 4.78 is 0. The van der Waals surface area contributed by atoms with Gasteiger partial charge in [-0.05, 0) is 19.9 Å². The first kappa shape index (κ1) is 8.70. The predicted molar refractivity (Wildman–Crippen MR) is 42.6 cm³/mol. The maximum Gasteiger partial charge on any atom is 0.0221 e. The lowest BCUT2D eigenvalue weighted by atomic mass is 10.3. The maximum absolute atomic E-state index is 3.29. The molecule has 0 saturated carbocycles. The summed E-state index contributed by atoms with van der Waals surface area (Å²) in [6, 6.07) is 0.537. The molecular weight excluding hydrogens is 110 g/mol. The van der Waals surface area contributed by atoms with Gasteiger partial charge in [0.15, 0.2) is 0 Å². The van der Waals surface area contributed by atoms with Crippen LogP contribution in [0, 0.1) is 0 Å². The van der Waals surface area contributed by atoms with Crippen molar-refractivity contribution in [2.24, 2.45) is 0 Å². The van der Waals surface area contributed by atoms with Gasteiger partial charge in [0.25, 0.3) is 0 Å². The van der Waals surface area contributed by atoms with E-state index in [9.17, 15) is 0 Å². The maximum atomic E-state index is 3.29. The van der Waals surface area contributed by atoms with Crippen LogP contribution in [0.2, 0.25) is 0 Å². The van der Waals surface area contributed by atoms with Crippen molar-refractivity contribution in [3.05, 3.63) is 12.2 Å². The Morgan fingerprint density at radius 2 is 2.11 bits per heavy atom. The molecule has 0 rings (SSSR count). The Balaban J connectivity index is 3.25. The Bertz CT molecular complexity index is 76.6. The Morgan fingerprint density at radius 1 is 1.44 bits per heavy atom. The molecule has 0 amide bonds. The van der Waals surface area contributed by atoms with Crippen molar-refractivity contribution in [2.45, 2.75) is 33.2 Å². The molecule has 0 fully saturated rings. The number of hydrogen-bond donors (Lipinski definition) is 1. The molecule has 0 aromatic carbocycles. The first-order chi connectivity index (χ1) is 4.31. The molecule has 0 aliphatic heterocycles. The van der Waals surface area contributed by atoms with Crippen molar-refractivity contribution in [1.29, 1.82) is 0 Å². The van der Waals surface area contributed by atoms with Crippen LogP contribution >= 0.6 is 0 Å². The fraction of sp³-hybridized carbons (Fsp3) is 0.750. The van der Waals surface area contributed by atoms with Gasteiger partial charge in [0.1, 0.15) is 0 Å². The molecule has 0 aromatic rings. The van der Waals surface area contributed by atoms with Crippen molar-refractivity contribution in [2.75, 3.05) is 6.54 Å². The summed E-state index contributed by atoms with van der Waals surface area (Å²) in [5, 5.41) is 3.29. The number of allylic oxidation sites excluding steroid dienone is 1. The fourth-order valence-corrected chi connectivity index (χ4v) is 0.730. The average molecular weight is 127 g/mol. The van der Waals surface area contributed by atoms with Crippen LogP contribution in [0.5, 0.6) is 0 Å². The van der Waals surface area contributed by atoms with Crippen LogP contribution in [0.3, 0.4) is 0 Å². The van der Waals surface area contributed by atoms with Gasteiger partial charge in [-0.3, -0.25) is 0 Å². The molecule has 0 aliphatic carbocycles. The summed E-state index contributed by atoms with van der Waals surface area (Å²) in [7, 11) is 0. The SMILES string of the molecule is CC/C=C/C(C)NCC. The second-order valence-electron chi connectivity index (χ2n) is 2.18. The van der Waals surface area contributed by atoms with Crippen LogP contribution in [0.4, 0.5) is 0 Å². The molecule has 0 aromatic heterocycles. The zero-order valence-corrected chi connectivity index (χ0v) is 6.65. The molecule has 1 unspecified atom stereocenters. The molecule has 0 spiro atoms. The molecule has 0 aliphatic rings. The minimum absolute atomic E-state index is 0.537. The third-order valence-electron chi connectivity index (χ3n) is 1.19. The first-order valence-electron chi connectivity index (χ1n) is 3.71. The lowest BCUT2D eigenvalue weighted by Crippen LogP contribution is -2.22. The molecule has 1 atom stereocenters. The second-order valence-corrected chi connectivity index (χ2v) is 2.18. The normalized spacial score (nSPS) is 14.6. The first-order valence-corrected chi connectivity index (χ1v) is 3.71. The monoisotopic (exact) mass is 127 g/mol. The van der Waals surface area contributed by atoms with E-state index in [-0.39, 0.29) is 0 Å². The molecule has 0 saturated heterocycles. The summed E-state index contributed by atoms with van der Waals surface area (Å²) >= 11 is 0. The zero-order chi connectivity index (χ0) is 7.11. The Labute approximate surface area is 58.2 Å². The molecule has 1 nitrogen and oxygen atoms in total. The molecule has 54 valence electrons. The van der Waals surface area contributed by atoms with E-state index in [1.54, 1.807) is 0 Å². The van der Waals surface area contributed by atoms with Crippen LogP contribution in [0.15, 0.2) is 12.2 Å². The third kappa shape index (κ3) is 5.57. The number of rotatable bonds is 4. The lowest BCUT2D eigenvalue weighted by molar-refractivity contribution is 0.659. The van der Waals surface area contributed by atoms with Gasteiger partial charge in [0.05, 0.1) is 0 Å². The second kappa shape index (κ2) is 5.83. The van der Waals surface area contributed by atoms with Crippen molar-refractivity contribution in [1.82, 2.24) is 5.32 Å². The minimum atomic E-state index is 0.537. The van der Waals surface area contributed by atoms with Gasteiger partial charge in [-0.1, -0.05) is 26.0 Å². The van der Waals surface area contributed by atoms with Crippen LogP contribution in [0.1, 0.15) is 27.2 Å². The largest absolute Gasteiger partial charge is 0.311 e. The Hall–Kier alpha value is -0.300. The van der Waals surface area contributed by atoms with E-state index in [1.807, 2.05) is 0 Å². The highest BCUT2D eigenvalue weighted by atomic mass is 14.9. The van der Waals surface area contributed by atoms with Gasteiger partial charge < -0.3 is 5.32 Å². The number of hydrogen-bond acceptors (Lipinski definition) is 1. The van der Waals surface area contributed by atoms with Crippen LogP contribution < -0.4 is 5.32 Å². The van der Waals surface area contributed by atoms with Crippen LogP contribution in [-0.4, -0.2) is 12.6 Å². The van der Waals surface area contributed by atoms with E-state index in [0.29, 0.717) is 6.04 Å². The van der Waals surface area contributed by atoms with E-state index in [0.717, 1.165) is 13.0 Å². The number of likely N-dealkylation sites (N-methyl/N-ethyl adjacent to an activating group) is 1. The quantitative estimate of drug-likeness (QED) is 0.569. The predicted octanol–water partition coefficient (Wildman–Crippen LogP) is 1.95. The molecule has 1 heteroatoms. The van der Waals surface area contributed by atoms with Gasteiger partial charge in [-0.25, -0.2) is 0 Å². The van der Waals surface area contributed by atoms with E-state index >= 15 is 0 Å². The molecular formula is C8H17N. The van der Waals surface area contributed by atoms with Gasteiger partial charge in [0, 0.05) is 6.04 Å². The van der Waals surface area contributed by atoms with Crippen molar-refractivity contribution in [3.63, 3.8) is 0 Å². The fourth-order valence-electron chi connectivity index (χ4n) is 0.730. The van der Waals surface area contributed by atoms with Crippen LogP contribution in [0.25, 0.3) is 0 Å². The average Bonchev–Trinajstić information content (AvgIpc) is 1.85. The highest BCUT2D eigenvalue weighted by Gasteiger charge is 1.88. The molecule has 0 radical (unpaired) electrons. The number of nitrogens with one attached hydrogen (secondary N) is 1. The van der Waals surface area contributed by atoms with Crippen LogP contribution in [-0.2, 0) is 0 Å². The lowest BCUT2D eigenvalue weighted by Gasteiger charge is -2.04. The van der Waals surface area contributed by atoms with Gasteiger partial charge in [-0.15, -0.1) is 0 Å². The van der Waals surface area contributed by atoms with Gasteiger partial charge >= 0.3 is 0 Å². The molecule has 0 bridgehead atoms. The molecule has 0 heterocycles. The van der Waals surface area contributed by atoms with Crippen molar-refractivity contribution in [3.8, 4) is 0 Å². The summed E-state index contributed by atoms with van der Waals surface area (Å²) in [5.74, 6) is 0. The van der Waals surface area contributed by atoms with E-state index < -0.39 is 0 Å². The summed E-state index contributed by atoms with van der Waals surface area (Å²) in [6.07, 6.45) is 5.52. The minimum Gasteiger partial charge on any atom is -0.311 e. The van der Waals surface area contributed by atoms with E-state index in [2.05, 4.69) is 38.2 Å². The zero-order valence-electron chi connectivity index (χ0n) is 6.65. The highest BCUT2D eigenvalue weighted by molar-refractivity contribution is 4.89. The Morgan fingerprint density at radius 3 is 2.56 bits per heavy atom. The van der Waals surface area contributed by atoms with Gasteiger partial charge in [-0.2, -0.15) is 0 Å². The highest BCUT2D eigenvalue weighted by Crippen LogP contribution is 1.85. The third-order valence-corrected chi connectivity index (χ3v) is 1.19. The van der Waals surface area contributed by atoms with Gasteiger partial charge in [0.2, 0.25) is 0 Å². The summed E-state index contributed by atoms with van der Waals surface area (Å²) in [5.41, 5.74) is 0. The summed E-state index contributed by atoms with van der Waals surface area (Å²) in [6.45, 7) is 7.48. The van der Waals surface area contributed by atoms with Crippen molar-refractivity contribution < 1.29 is 0 Å².